The van der Waals surface area contributed by atoms with E-state index in [1.807, 2.05) is 119 Å². The zero-order valence-electron chi connectivity index (χ0n) is 80.0. The number of benzene rings is 12. The zero-order valence-corrected chi connectivity index (χ0v) is 86.0. The summed E-state index contributed by atoms with van der Waals surface area (Å²) in [6.45, 7) is 45.1. The fourth-order valence-electron chi connectivity index (χ4n) is 14.3. The average molecular weight is 2010 g/mol. The van der Waals surface area contributed by atoms with Crippen molar-refractivity contribution in [2.75, 3.05) is 0 Å². The quantitative estimate of drug-likeness (QED) is 0.0535. The Labute approximate surface area is 796 Å². The number of alkyl halides is 18. The summed E-state index contributed by atoms with van der Waals surface area (Å²) in [7, 11) is -1.46. The van der Waals surface area contributed by atoms with Gasteiger partial charge in [-0.2, -0.15) is 79.0 Å². The zero-order chi connectivity index (χ0) is 103. The minimum absolute atomic E-state index is 0.0327. The monoisotopic (exact) mass is 2010 g/mol. The van der Waals surface area contributed by atoms with Crippen molar-refractivity contribution in [2.24, 2.45) is 0 Å². The fraction of sp³-hybridized carbons (Fsp3) is 0.321. The van der Waals surface area contributed by atoms with Crippen LogP contribution in [0.3, 0.4) is 0 Å². The van der Waals surface area contributed by atoms with Crippen molar-refractivity contribution in [1.82, 2.24) is 0 Å². The van der Waals surface area contributed by atoms with Crippen LogP contribution in [0.5, 0.6) is 34.5 Å². The standard InChI is InChI=1S/C22H28F3OP.2C19H22F3OP.C16H16F3OP.2C15H14F3OP/c1-13-9-8-10-15(22(23,24)25)19(13)27-17-12-14(20(2,3)4)11-16(18(17)26)21(5,6)7;1-11-9-14(18(3,4)5)16(23)15(10-11)24-17-12(2)7-6-8-13(17)19(20,21)22;1-11-7-6-8-14(19(20,21)22)17(11)24-15-10-13(18(3,4)5)9-12(2)16(15)23;1-9-7-11(3)14(20)13(8-9)21-15-10(2)5-4-6-12(15)16(17,18)19;1-9-5-4-8-12(13(9)19)20-14-10(2)6-3-7-11(14)15(16,17)18;1-9-6-7-12(19)13(8-9)20-14-10(2)4-3-5-11(14)15(16,17)18/h8-12,26-27H,1-7H3;2*6-10,23-24H,1-5H3;4-8,20-21H,1-3H3;2*3-8,19-20H,1-2H3. The summed E-state index contributed by atoms with van der Waals surface area (Å²) in [6.07, 6.45) is -26.4. The van der Waals surface area contributed by atoms with Crippen LogP contribution < -0.4 is 63.7 Å². The summed E-state index contributed by atoms with van der Waals surface area (Å²) in [6, 6.07) is 50.0. The van der Waals surface area contributed by atoms with Crippen molar-refractivity contribution in [1.29, 1.82) is 0 Å². The summed E-state index contributed by atoms with van der Waals surface area (Å²) in [5.41, 5.74) is 7.16. The lowest BCUT2D eigenvalue weighted by atomic mass is 9.80. The second-order valence-corrected chi connectivity index (χ2v) is 45.2. The number of aromatic hydroxyl groups is 6. The Morgan fingerprint density at radius 2 is 0.412 bits per heavy atom. The first-order valence-corrected chi connectivity index (χ1v) is 48.8. The lowest BCUT2D eigenvalue weighted by Gasteiger charge is -2.28. The molecule has 12 aromatic rings. The van der Waals surface area contributed by atoms with Crippen molar-refractivity contribution in [2.45, 2.75) is 225 Å². The van der Waals surface area contributed by atoms with E-state index in [4.69, 9.17) is 0 Å². The maximum absolute atomic E-state index is 13.5. The predicted octanol–water partition coefficient (Wildman–Crippen LogP) is 27.1. The molecule has 0 radical (unpaired) electrons. The van der Waals surface area contributed by atoms with Gasteiger partial charge in [-0.25, -0.2) is 0 Å². The number of phenolic OH excluding ortho intramolecular Hbond substituents is 6. The molecule has 0 saturated heterocycles. The first-order valence-electron chi connectivity index (χ1n) is 42.8. The molecule has 12 aromatic carbocycles. The highest BCUT2D eigenvalue weighted by molar-refractivity contribution is 7.57. The maximum Gasteiger partial charge on any atom is 0.417 e. The molecule has 6 nitrogen and oxygen atoms in total. The highest BCUT2D eigenvalue weighted by atomic mass is 31.1. The summed E-state index contributed by atoms with van der Waals surface area (Å²) in [5, 5.41) is 66.5. The van der Waals surface area contributed by atoms with E-state index < -0.39 is 70.4 Å². The second-order valence-electron chi connectivity index (χ2n) is 37.5. The van der Waals surface area contributed by atoms with Crippen LogP contribution in [0.1, 0.15) is 205 Å². The van der Waals surface area contributed by atoms with Crippen LogP contribution in [0.15, 0.2) is 194 Å². The Hall–Kier alpha value is -9.24. The van der Waals surface area contributed by atoms with Crippen molar-refractivity contribution in [3.8, 4) is 34.5 Å². The van der Waals surface area contributed by atoms with Crippen LogP contribution in [-0.4, -0.2) is 30.6 Å². The number of phenols is 6. The van der Waals surface area contributed by atoms with Crippen LogP contribution in [0, 0.1) is 83.1 Å². The Kier molecular flexibility index (Phi) is 37.6. The molecule has 732 valence electrons. The molecule has 0 fully saturated rings. The minimum Gasteiger partial charge on any atom is -0.507 e. The van der Waals surface area contributed by atoms with Gasteiger partial charge in [0.2, 0.25) is 0 Å². The van der Waals surface area contributed by atoms with Gasteiger partial charge in [-0.3, -0.25) is 0 Å². The first-order chi connectivity index (χ1) is 62.2. The third-order valence-electron chi connectivity index (χ3n) is 21.9. The molecule has 0 saturated carbocycles. The first kappa shape index (κ1) is 114. The van der Waals surface area contributed by atoms with Gasteiger partial charge in [0.15, 0.2) is 0 Å². The van der Waals surface area contributed by atoms with Gasteiger partial charge >= 0.3 is 37.1 Å². The number of hydrogen-bond acceptors (Lipinski definition) is 6. The molecule has 136 heavy (non-hydrogen) atoms. The third kappa shape index (κ3) is 30.6. The molecule has 6 N–H and O–H groups in total. The van der Waals surface area contributed by atoms with Crippen molar-refractivity contribution in [3.63, 3.8) is 0 Å². The number of hydrogen-bond donors (Lipinski definition) is 6. The maximum atomic E-state index is 13.5. The van der Waals surface area contributed by atoms with Gasteiger partial charge in [-0.15, -0.1) is 0 Å². The molecule has 0 bridgehead atoms. The van der Waals surface area contributed by atoms with Crippen LogP contribution in [-0.2, 0) is 58.7 Å². The Morgan fingerprint density at radius 3 is 0.713 bits per heavy atom. The summed E-state index contributed by atoms with van der Waals surface area (Å²) >= 11 is 0. The summed E-state index contributed by atoms with van der Waals surface area (Å²) < 4.78 is 238. The van der Waals surface area contributed by atoms with Gasteiger partial charge in [-0.05, 0) is 282 Å². The van der Waals surface area contributed by atoms with E-state index in [9.17, 15) is 110 Å². The number of rotatable bonds is 12. The molecule has 0 aromatic heterocycles. The van der Waals surface area contributed by atoms with Gasteiger partial charge in [-0.1, -0.05) is 261 Å². The van der Waals surface area contributed by atoms with E-state index in [-0.39, 0.29) is 139 Å². The van der Waals surface area contributed by atoms with E-state index in [1.165, 1.54) is 42.5 Å². The minimum atomic E-state index is -4.42. The number of aryl methyl sites for hydroxylation is 12. The van der Waals surface area contributed by atoms with Crippen molar-refractivity contribution < 1.29 is 110 Å². The van der Waals surface area contributed by atoms with Gasteiger partial charge in [0.1, 0.15) is 34.5 Å². The molecule has 6 atom stereocenters. The highest BCUT2D eigenvalue weighted by Crippen LogP contribution is 2.44. The van der Waals surface area contributed by atoms with E-state index >= 15 is 0 Å². The molecule has 30 heteroatoms. The molecule has 0 spiro atoms. The number of para-hydroxylation sites is 1. The molecule has 0 aliphatic carbocycles. The lowest BCUT2D eigenvalue weighted by Crippen LogP contribution is -2.23. The van der Waals surface area contributed by atoms with E-state index in [2.05, 4.69) is 20.8 Å². The molecule has 0 aliphatic heterocycles. The Balaban J connectivity index is 0.000000223. The molecular formula is C106H116F18O6P6. The molecule has 6 unspecified atom stereocenters. The topological polar surface area (TPSA) is 121 Å². The second kappa shape index (κ2) is 44.9. The van der Waals surface area contributed by atoms with E-state index in [1.54, 1.807) is 141 Å². The van der Waals surface area contributed by atoms with E-state index in [0.717, 1.165) is 75.3 Å². The van der Waals surface area contributed by atoms with Crippen molar-refractivity contribution >= 4 is 115 Å². The van der Waals surface area contributed by atoms with Gasteiger partial charge in [0.05, 0.1) is 33.4 Å². The average Bonchev–Trinajstić information content (AvgIpc) is 0.767. The van der Waals surface area contributed by atoms with Crippen LogP contribution >= 0.6 is 51.5 Å². The normalized spacial score (nSPS) is 12.8. The van der Waals surface area contributed by atoms with Crippen molar-refractivity contribution in [3.05, 3.63) is 317 Å². The molecule has 0 amide bonds. The fourth-order valence-corrected chi connectivity index (χ4v) is 22.9. The summed E-state index contributed by atoms with van der Waals surface area (Å²) in [5.74, 6) is 0.466. The molecule has 0 heterocycles. The molecular weight excluding hydrogens is 1900 g/mol. The largest absolute Gasteiger partial charge is 0.507 e. The van der Waals surface area contributed by atoms with Crippen LogP contribution in [0.4, 0.5) is 79.0 Å². The summed E-state index contributed by atoms with van der Waals surface area (Å²) in [4.78, 5) is 0. The third-order valence-corrected chi connectivity index (χ3v) is 31.3. The van der Waals surface area contributed by atoms with Gasteiger partial charge in [0.25, 0.3) is 0 Å². The van der Waals surface area contributed by atoms with Crippen LogP contribution in [0.2, 0.25) is 0 Å². The Bertz CT molecular complexity index is 6110. The smallest absolute Gasteiger partial charge is 0.417 e. The van der Waals surface area contributed by atoms with Gasteiger partial charge < -0.3 is 30.6 Å². The lowest BCUT2D eigenvalue weighted by molar-refractivity contribution is -0.137. The van der Waals surface area contributed by atoms with Gasteiger partial charge in [0, 0.05) is 43.0 Å². The molecule has 0 aliphatic rings. The van der Waals surface area contributed by atoms with Crippen LogP contribution in [0.25, 0.3) is 0 Å². The number of halogens is 18. The molecule has 12 rings (SSSR count). The Morgan fingerprint density at radius 1 is 0.184 bits per heavy atom. The van der Waals surface area contributed by atoms with E-state index in [0.29, 0.717) is 81.9 Å². The SMILES string of the molecule is Cc1cc(C(C)(C)C)cc(Pc2c(C)cccc2C(F)(F)F)c1O.Cc1cc(C)c(O)c(Pc2c(C)cccc2C(F)(F)F)c1.Cc1cc(Pc2c(C)cccc2C(F)(F)F)c(O)c(C(C)(C)C)c1.Cc1ccc(O)c(Pc2c(C)cccc2C(F)(F)F)c1.Cc1cccc(C(F)(F)F)c1Pc1cc(C(C)(C)C)cc(C(C)(C)C)c1O.Cc1cccc(Pc2c(C)cccc2C(F)(F)F)c1O. The predicted molar refractivity (Wildman–Crippen MR) is 534 cm³/mol. The highest BCUT2D eigenvalue weighted by Gasteiger charge is 2.41.